The van der Waals surface area contributed by atoms with E-state index in [1.54, 1.807) is 6.92 Å². The van der Waals surface area contributed by atoms with Gasteiger partial charge in [0.25, 0.3) is 0 Å². The second-order valence-electron chi connectivity index (χ2n) is 8.65. The van der Waals surface area contributed by atoms with Gasteiger partial charge in [-0.15, -0.1) is 0 Å². The summed E-state index contributed by atoms with van der Waals surface area (Å²) in [5.74, 6) is 4.99. The van der Waals surface area contributed by atoms with E-state index in [2.05, 4.69) is 18.8 Å². The van der Waals surface area contributed by atoms with Crippen molar-refractivity contribution >= 4 is 11.8 Å². The lowest BCUT2D eigenvalue weighted by Gasteiger charge is -2.36. The summed E-state index contributed by atoms with van der Waals surface area (Å²) in [6.45, 7) is 7.78. The van der Waals surface area contributed by atoms with Crippen molar-refractivity contribution < 1.29 is 24.9 Å². The predicted molar refractivity (Wildman–Crippen MR) is 110 cm³/mol. The van der Waals surface area contributed by atoms with E-state index in [0.29, 0.717) is 24.0 Å². The maximum atomic E-state index is 12.2. The number of hydrogen-bond donors (Lipinski definition) is 3. The number of carboxylic acid groups (broad SMARTS) is 1. The molecule has 5 nitrogen and oxygen atoms in total. The Morgan fingerprint density at radius 2 is 1.79 bits per heavy atom. The molecule has 1 rings (SSSR count). The van der Waals surface area contributed by atoms with E-state index < -0.39 is 23.1 Å². The number of unbranched alkanes of at least 4 members (excludes halogenated alkanes) is 4. The molecule has 158 valence electrons. The molecule has 2 unspecified atom stereocenters. The van der Waals surface area contributed by atoms with E-state index in [1.165, 1.54) is 0 Å². The van der Waals surface area contributed by atoms with Gasteiger partial charge in [0.1, 0.15) is 5.60 Å². The molecular formula is C23H36O5. The van der Waals surface area contributed by atoms with Gasteiger partial charge in [0, 0.05) is 29.4 Å². The van der Waals surface area contributed by atoms with Crippen molar-refractivity contribution in [3.8, 4) is 11.8 Å². The van der Waals surface area contributed by atoms with E-state index in [9.17, 15) is 19.8 Å². The summed E-state index contributed by atoms with van der Waals surface area (Å²) in [6, 6.07) is 0. The molecule has 0 aromatic carbocycles. The van der Waals surface area contributed by atoms with E-state index in [4.69, 9.17) is 5.11 Å². The molecule has 0 aromatic rings. The minimum Gasteiger partial charge on any atom is -0.481 e. The van der Waals surface area contributed by atoms with E-state index in [0.717, 1.165) is 38.5 Å². The van der Waals surface area contributed by atoms with Crippen LogP contribution in [0.4, 0.5) is 0 Å². The number of hydrogen-bond acceptors (Lipinski definition) is 4. The molecule has 0 radical (unpaired) electrons. The van der Waals surface area contributed by atoms with Crippen molar-refractivity contribution in [1.82, 2.24) is 0 Å². The Balaban J connectivity index is 2.82. The fourth-order valence-corrected chi connectivity index (χ4v) is 3.34. The van der Waals surface area contributed by atoms with Crippen molar-refractivity contribution in [3.05, 3.63) is 11.1 Å². The summed E-state index contributed by atoms with van der Waals surface area (Å²) < 4.78 is 0. The van der Waals surface area contributed by atoms with Gasteiger partial charge in [-0.1, -0.05) is 58.3 Å². The summed E-state index contributed by atoms with van der Waals surface area (Å²) in [4.78, 5) is 22.8. The number of carbonyl (C=O) groups is 2. The van der Waals surface area contributed by atoms with Gasteiger partial charge < -0.3 is 15.3 Å². The zero-order chi connectivity index (χ0) is 21.4. The third kappa shape index (κ3) is 7.07. The molecule has 0 amide bonds. The molecule has 0 heterocycles. The van der Waals surface area contributed by atoms with Crippen molar-refractivity contribution in [3.63, 3.8) is 0 Å². The van der Waals surface area contributed by atoms with Crippen molar-refractivity contribution in [2.24, 2.45) is 5.41 Å². The number of ketones is 1. The standard InChI is InChI=1S/C23H36O5/c1-5-6-14-22(2,3)23(4,28)15-13-18-17(19(24)16-20(18)25)11-9-7-8-10-12-21(26)27/h20,25,28H,5-12,14,16H2,1-4H3,(H,26,27). The molecule has 0 saturated heterocycles. The number of carboxylic acids is 1. The maximum Gasteiger partial charge on any atom is 0.303 e. The molecule has 1 aliphatic carbocycles. The second kappa shape index (κ2) is 10.8. The molecule has 0 spiro atoms. The highest BCUT2D eigenvalue weighted by Crippen LogP contribution is 2.36. The molecule has 0 aliphatic heterocycles. The zero-order valence-corrected chi connectivity index (χ0v) is 17.8. The van der Waals surface area contributed by atoms with Gasteiger partial charge >= 0.3 is 5.97 Å². The van der Waals surface area contributed by atoms with Crippen LogP contribution in [0.5, 0.6) is 0 Å². The van der Waals surface area contributed by atoms with Crippen molar-refractivity contribution in [2.45, 2.75) is 104 Å². The third-order valence-corrected chi connectivity index (χ3v) is 5.85. The number of aliphatic carboxylic acids is 1. The lowest BCUT2D eigenvalue weighted by molar-refractivity contribution is -0.137. The minimum atomic E-state index is -1.22. The van der Waals surface area contributed by atoms with E-state index >= 15 is 0 Å². The summed E-state index contributed by atoms with van der Waals surface area (Å²) in [5, 5.41) is 29.8. The highest BCUT2D eigenvalue weighted by molar-refractivity contribution is 6.00. The first-order valence-electron chi connectivity index (χ1n) is 10.4. The Kier molecular flexibility index (Phi) is 9.39. The Hall–Kier alpha value is -1.64. The number of Topliss-reactive ketones (excluding diaryl/α,β-unsaturated/α-hetero) is 1. The van der Waals surface area contributed by atoms with Crippen LogP contribution >= 0.6 is 0 Å². The first-order valence-corrected chi connectivity index (χ1v) is 10.4. The first-order chi connectivity index (χ1) is 13.0. The maximum absolute atomic E-state index is 12.2. The summed E-state index contributed by atoms with van der Waals surface area (Å²) in [7, 11) is 0. The number of carbonyl (C=O) groups excluding carboxylic acids is 1. The van der Waals surface area contributed by atoms with Crippen LogP contribution in [0, 0.1) is 17.3 Å². The molecule has 1 aliphatic rings. The average Bonchev–Trinajstić information content (AvgIpc) is 2.87. The average molecular weight is 393 g/mol. The van der Waals surface area contributed by atoms with Crippen LogP contribution in [-0.2, 0) is 9.59 Å². The third-order valence-electron chi connectivity index (χ3n) is 5.85. The molecular weight excluding hydrogens is 356 g/mol. The highest BCUT2D eigenvalue weighted by Gasteiger charge is 2.38. The lowest BCUT2D eigenvalue weighted by atomic mass is 9.73. The van der Waals surface area contributed by atoms with Crippen LogP contribution in [-0.4, -0.2) is 38.8 Å². The summed E-state index contributed by atoms with van der Waals surface area (Å²) in [6.07, 6.45) is 5.79. The van der Waals surface area contributed by atoms with Gasteiger partial charge in [0.05, 0.1) is 6.10 Å². The largest absolute Gasteiger partial charge is 0.481 e. The fraction of sp³-hybridized carbons (Fsp3) is 0.739. The first kappa shape index (κ1) is 24.4. The second-order valence-corrected chi connectivity index (χ2v) is 8.65. The van der Waals surface area contributed by atoms with Crippen LogP contribution in [0.3, 0.4) is 0 Å². The fourth-order valence-electron chi connectivity index (χ4n) is 3.34. The van der Waals surface area contributed by atoms with Crippen LogP contribution in [0.25, 0.3) is 0 Å². The molecule has 28 heavy (non-hydrogen) atoms. The van der Waals surface area contributed by atoms with Crippen LogP contribution in [0.15, 0.2) is 11.1 Å². The Morgan fingerprint density at radius 1 is 1.14 bits per heavy atom. The van der Waals surface area contributed by atoms with Gasteiger partial charge in [0.2, 0.25) is 0 Å². The lowest BCUT2D eigenvalue weighted by Crippen LogP contribution is -2.40. The summed E-state index contributed by atoms with van der Waals surface area (Å²) in [5.41, 5.74) is -0.598. The van der Waals surface area contributed by atoms with Crippen molar-refractivity contribution in [2.75, 3.05) is 0 Å². The molecule has 2 atom stereocenters. The minimum absolute atomic E-state index is 0.0553. The van der Waals surface area contributed by atoms with Crippen molar-refractivity contribution in [1.29, 1.82) is 0 Å². The van der Waals surface area contributed by atoms with Gasteiger partial charge in [-0.25, -0.2) is 0 Å². The Labute approximate surface area is 169 Å². The van der Waals surface area contributed by atoms with Gasteiger partial charge in [-0.05, 0) is 32.6 Å². The number of aliphatic hydroxyl groups is 2. The van der Waals surface area contributed by atoms with Gasteiger partial charge in [0.15, 0.2) is 5.78 Å². The Bertz CT molecular complexity index is 646. The predicted octanol–water partition coefficient (Wildman–Crippen LogP) is 4.01. The number of allylic oxidation sites excluding steroid dienone is 1. The van der Waals surface area contributed by atoms with Crippen LogP contribution in [0.1, 0.15) is 91.9 Å². The van der Waals surface area contributed by atoms with Gasteiger partial charge in [-0.2, -0.15) is 0 Å². The zero-order valence-electron chi connectivity index (χ0n) is 17.8. The molecule has 5 heteroatoms. The quantitative estimate of drug-likeness (QED) is 0.365. The smallest absolute Gasteiger partial charge is 0.303 e. The molecule has 3 N–H and O–H groups in total. The Morgan fingerprint density at radius 3 is 2.39 bits per heavy atom. The van der Waals surface area contributed by atoms with Gasteiger partial charge in [-0.3, -0.25) is 9.59 Å². The summed E-state index contributed by atoms with van der Waals surface area (Å²) >= 11 is 0. The SMILES string of the molecule is CCCCC(C)(C)C(C)(O)C#CC1=C(CCCCCCC(=O)O)C(=O)CC1O. The molecule has 0 fully saturated rings. The monoisotopic (exact) mass is 392 g/mol. The topological polar surface area (TPSA) is 94.8 Å². The van der Waals surface area contributed by atoms with E-state index in [1.807, 2.05) is 13.8 Å². The molecule has 0 aromatic heterocycles. The molecule has 0 bridgehead atoms. The highest BCUT2D eigenvalue weighted by atomic mass is 16.4. The van der Waals surface area contributed by atoms with Crippen LogP contribution in [0.2, 0.25) is 0 Å². The molecule has 0 saturated carbocycles. The van der Waals surface area contributed by atoms with E-state index in [-0.39, 0.29) is 18.6 Å². The number of aliphatic hydroxyl groups excluding tert-OH is 1. The normalized spacial score (nSPS) is 19.4. The van der Waals surface area contributed by atoms with Crippen LogP contribution < -0.4 is 0 Å². The number of rotatable bonds is 11.